The Morgan fingerprint density at radius 1 is 1.15 bits per heavy atom. The molecule has 1 aliphatic heterocycles. The lowest BCUT2D eigenvalue weighted by Crippen LogP contribution is -2.48. The van der Waals surface area contributed by atoms with Gasteiger partial charge in [0.2, 0.25) is 0 Å². The summed E-state index contributed by atoms with van der Waals surface area (Å²) in [6, 6.07) is 1.74. The zero-order valence-electron chi connectivity index (χ0n) is 13.2. The lowest BCUT2D eigenvalue weighted by Gasteiger charge is -2.41. The monoisotopic (exact) mass is 280 g/mol. The van der Waals surface area contributed by atoms with E-state index in [9.17, 15) is 0 Å². The first-order chi connectivity index (χ1) is 9.81. The highest BCUT2D eigenvalue weighted by Gasteiger charge is 2.39. The normalized spacial score (nSPS) is 26.1. The van der Waals surface area contributed by atoms with Gasteiger partial charge in [-0.15, -0.1) is 0 Å². The first-order valence-electron chi connectivity index (χ1n) is 8.86. The molecule has 3 aliphatic rings. The standard InChI is InChI=1S/C17H32N2O/c1-2-3-10-19(16-6-7-16)14-17(8-11-20-12-9-17)13-18-15-4-5-15/h15-16,18H,2-14H2,1H3. The average molecular weight is 280 g/mol. The van der Waals surface area contributed by atoms with Gasteiger partial charge < -0.3 is 10.1 Å². The van der Waals surface area contributed by atoms with E-state index in [4.69, 9.17) is 4.74 Å². The summed E-state index contributed by atoms with van der Waals surface area (Å²) in [4.78, 5) is 2.81. The number of nitrogens with one attached hydrogen (secondary N) is 1. The first-order valence-corrected chi connectivity index (χ1v) is 8.86. The molecule has 0 aromatic rings. The Morgan fingerprint density at radius 2 is 1.90 bits per heavy atom. The summed E-state index contributed by atoms with van der Waals surface area (Å²) >= 11 is 0. The number of nitrogens with zero attached hydrogens (tertiary/aromatic N) is 1. The first kappa shape index (κ1) is 14.8. The second-order valence-corrected chi connectivity index (χ2v) is 7.32. The van der Waals surface area contributed by atoms with Crippen molar-refractivity contribution in [3.63, 3.8) is 0 Å². The van der Waals surface area contributed by atoms with Gasteiger partial charge in [0.15, 0.2) is 0 Å². The maximum atomic E-state index is 5.64. The van der Waals surface area contributed by atoms with Crippen LogP contribution in [0.15, 0.2) is 0 Å². The van der Waals surface area contributed by atoms with Crippen molar-refractivity contribution in [1.29, 1.82) is 0 Å². The van der Waals surface area contributed by atoms with E-state index in [-0.39, 0.29) is 0 Å². The predicted octanol–water partition coefficient (Wildman–Crippen LogP) is 2.80. The van der Waals surface area contributed by atoms with Gasteiger partial charge in [0, 0.05) is 38.4 Å². The van der Waals surface area contributed by atoms with Gasteiger partial charge in [-0.25, -0.2) is 0 Å². The summed E-state index contributed by atoms with van der Waals surface area (Å²) in [5, 5.41) is 3.81. The van der Waals surface area contributed by atoms with Crippen LogP contribution in [0.1, 0.15) is 58.3 Å². The molecule has 0 unspecified atom stereocenters. The zero-order valence-corrected chi connectivity index (χ0v) is 13.2. The minimum atomic E-state index is 0.483. The summed E-state index contributed by atoms with van der Waals surface area (Å²) in [5.74, 6) is 0. The summed E-state index contributed by atoms with van der Waals surface area (Å²) in [5.41, 5.74) is 0.483. The molecular formula is C17H32N2O. The highest BCUT2D eigenvalue weighted by molar-refractivity contribution is 4.94. The van der Waals surface area contributed by atoms with Crippen LogP contribution in [0.4, 0.5) is 0 Å². The van der Waals surface area contributed by atoms with Gasteiger partial charge in [-0.3, -0.25) is 4.90 Å². The molecule has 3 heteroatoms. The SMILES string of the molecule is CCCCN(CC1(CNC2CC2)CCOCC1)C1CC1. The van der Waals surface area contributed by atoms with E-state index in [2.05, 4.69) is 17.1 Å². The largest absolute Gasteiger partial charge is 0.381 e. The van der Waals surface area contributed by atoms with Gasteiger partial charge in [-0.2, -0.15) is 0 Å². The molecule has 0 radical (unpaired) electrons. The fourth-order valence-electron chi connectivity index (χ4n) is 3.47. The Hall–Kier alpha value is -0.120. The molecule has 20 heavy (non-hydrogen) atoms. The van der Waals surface area contributed by atoms with Crippen molar-refractivity contribution in [3.05, 3.63) is 0 Å². The van der Waals surface area contributed by atoms with Crippen LogP contribution in [0, 0.1) is 5.41 Å². The van der Waals surface area contributed by atoms with Crippen molar-refractivity contribution in [2.24, 2.45) is 5.41 Å². The van der Waals surface area contributed by atoms with Crippen LogP contribution in [0.5, 0.6) is 0 Å². The predicted molar refractivity (Wildman–Crippen MR) is 83.0 cm³/mol. The van der Waals surface area contributed by atoms with E-state index in [1.807, 2.05) is 0 Å². The van der Waals surface area contributed by atoms with Crippen LogP contribution < -0.4 is 5.32 Å². The number of unbranched alkanes of at least 4 members (excludes halogenated alkanes) is 1. The van der Waals surface area contributed by atoms with Crippen LogP contribution in [0.25, 0.3) is 0 Å². The van der Waals surface area contributed by atoms with E-state index < -0.39 is 0 Å². The summed E-state index contributed by atoms with van der Waals surface area (Å²) in [6.45, 7) is 8.09. The Kier molecular flexibility index (Phi) is 5.00. The molecule has 0 aromatic carbocycles. The van der Waals surface area contributed by atoms with Crippen LogP contribution in [-0.2, 0) is 4.74 Å². The Balaban J connectivity index is 1.57. The quantitative estimate of drug-likeness (QED) is 0.703. The molecule has 0 spiro atoms. The molecule has 0 atom stereocenters. The minimum absolute atomic E-state index is 0.483. The van der Waals surface area contributed by atoms with E-state index in [0.29, 0.717) is 5.41 Å². The maximum Gasteiger partial charge on any atom is 0.0472 e. The van der Waals surface area contributed by atoms with E-state index in [1.54, 1.807) is 0 Å². The molecule has 2 saturated carbocycles. The molecule has 3 rings (SSSR count). The minimum Gasteiger partial charge on any atom is -0.381 e. The van der Waals surface area contributed by atoms with Crippen LogP contribution in [0.2, 0.25) is 0 Å². The smallest absolute Gasteiger partial charge is 0.0472 e. The Morgan fingerprint density at radius 3 is 2.50 bits per heavy atom. The Labute approximate surface area is 124 Å². The van der Waals surface area contributed by atoms with Crippen LogP contribution >= 0.6 is 0 Å². The second-order valence-electron chi connectivity index (χ2n) is 7.32. The van der Waals surface area contributed by atoms with Gasteiger partial charge in [0.05, 0.1) is 0 Å². The molecule has 1 heterocycles. The van der Waals surface area contributed by atoms with Gasteiger partial charge in [0.25, 0.3) is 0 Å². The number of rotatable bonds is 9. The van der Waals surface area contributed by atoms with Crippen LogP contribution in [0.3, 0.4) is 0 Å². The topological polar surface area (TPSA) is 24.5 Å². The van der Waals surface area contributed by atoms with E-state index in [1.165, 1.54) is 71.0 Å². The van der Waals surface area contributed by atoms with E-state index >= 15 is 0 Å². The summed E-state index contributed by atoms with van der Waals surface area (Å²) in [7, 11) is 0. The summed E-state index contributed by atoms with van der Waals surface area (Å²) < 4.78 is 5.64. The van der Waals surface area contributed by atoms with Crippen molar-refractivity contribution in [1.82, 2.24) is 10.2 Å². The number of hydrogen-bond acceptors (Lipinski definition) is 3. The fraction of sp³-hybridized carbons (Fsp3) is 1.00. The highest BCUT2D eigenvalue weighted by atomic mass is 16.5. The van der Waals surface area contributed by atoms with Gasteiger partial charge >= 0.3 is 0 Å². The van der Waals surface area contributed by atoms with Crippen molar-refractivity contribution in [3.8, 4) is 0 Å². The molecule has 3 fully saturated rings. The molecule has 1 N–H and O–H groups in total. The molecule has 0 amide bonds. The van der Waals surface area contributed by atoms with Gasteiger partial charge in [0.1, 0.15) is 0 Å². The van der Waals surface area contributed by atoms with Gasteiger partial charge in [-0.1, -0.05) is 13.3 Å². The molecule has 1 saturated heterocycles. The number of hydrogen-bond donors (Lipinski definition) is 1. The van der Waals surface area contributed by atoms with Crippen molar-refractivity contribution in [2.75, 3.05) is 32.8 Å². The Bertz CT molecular complexity index is 293. The number of ether oxygens (including phenoxy) is 1. The fourth-order valence-corrected chi connectivity index (χ4v) is 3.47. The van der Waals surface area contributed by atoms with E-state index in [0.717, 1.165) is 25.3 Å². The molecule has 2 aliphatic carbocycles. The second kappa shape index (κ2) is 6.76. The van der Waals surface area contributed by atoms with Crippen molar-refractivity contribution >= 4 is 0 Å². The molecule has 0 bridgehead atoms. The van der Waals surface area contributed by atoms with Gasteiger partial charge in [-0.05, 0) is 56.9 Å². The third-order valence-electron chi connectivity index (χ3n) is 5.30. The maximum absolute atomic E-state index is 5.64. The lowest BCUT2D eigenvalue weighted by molar-refractivity contribution is -0.00625. The lowest BCUT2D eigenvalue weighted by atomic mass is 9.79. The molecule has 3 nitrogen and oxygen atoms in total. The molecular weight excluding hydrogens is 248 g/mol. The third-order valence-corrected chi connectivity index (χ3v) is 5.30. The molecule has 116 valence electrons. The third kappa shape index (κ3) is 4.19. The van der Waals surface area contributed by atoms with Crippen molar-refractivity contribution < 1.29 is 4.74 Å². The molecule has 0 aromatic heterocycles. The average Bonchev–Trinajstić information content (AvgIpc) is 3.36. The van der Waals surface area contributed by atoms with Crippen LogP contribution in [-0.4, -0.2) is 49.8 Å². The highest BCUT2D eigenvalue weighted by Crippen LogP contribution is 2.36. The summed E-state index contributed by atoms with van der Waals surface area (Å²) in [6.07, 6.45) is 10.9. The zero-order chi connectivity index (χ0) is 13.8. The van der Waals surface area contributed by atoms with Crippen molar-refractivity contribution in [2.45, 2.75) is 70.4 Å².